The van der Waals surface area contributed by atoms with Gasteiger partial charge in [-0.25, -0.2) is 4.99 Å². The van der Waals surface area contributed by atoms with Crippen molar-refractivity contribution in [2.24, 2.45) is 4.99 Å². The number of hydrogen-bond acceptors (Lipinski definition) is 5. The summed E-state index contributed by atoms with van der Waals surface area (Å²) in [5.41, 5.74) is 2.34. The van der Waals surface area contributed by atoms with Crippen LogP contribution in [0.4, 0.5) is 11.4 Å². The Morgan fingerprint density at radius 1 is 1.29 bits per heavy atom. The summed E-state index contributed by atoms with van der Waals surface area (Å²) >= 11 is 7.38. The number of amides is 2. The van der Waals surface area contributed by atoms with Crippen LogP contribution in [-0.2, 0) is 14.3 Å². The van der Waals surface area contributed by atoms with E-state index in [1.165, 1.54) is 11.8 Å². The zero-order chi connectivity index (χ0) is 21.8. The van der Waals surface area contributed by atoms with Crippen molar-refractivity contribution in [2.45, 2.75) is 37.5 Å². The van der Waals surface area contributed by atoms with Crippen LogP contribution in [-0.4, -0.2) is 46.4 Å². The Bertz CT molecular complexity index is 993. The molecule has 2 unspecified atom stereocenters. The molecule has 0 spiro atoms. The van der Waals surface area contributed by atoms with Crippen LogP contribution in [0.2, 0.25) is 5.02 Å². The Morgan fingerprint density at radius 2 is 2.10 bits per heavy atom. The fourth-order valence-electron chi connectivity index (χ4n) is 3.60. The Labute approximate surface area is 191 Å². The topological polar surface area (TPSA) is 71.0 Å². The Hall–Kier alpha value is -2.35. The minimum absolute atomic E-state index is 0.00668. The van der Waals surface area contributed by atoms with Crippen molar-refractivity contribution in [1.29, 1.82) is 0 Å². The normalized spacial score (nSPS) is 22.3. The van der Waals surface area contributed by atoms with E-state index in [0.717, 1.165) is 30.7 Å². The van der Waals surface area contributed by atoms with Gasteiger partial charge in [-0.05, 0) is 49.6 Å². The number of nitrogens with zero attached hydrogens (tertiary/aromatic N) is 2. The average molecular weight is 458 g/mol. The summed E-state index contributed by atoms with van der Waals surface area (Å²) in [4.78, 5) is 32.2. The van der Waals surface area contributed by atoms with Gasteiger partial charge in [0, 0.05) is 23.7 Å². The van der Waals surface area contributed by atoms with Gasteiger partial charge < -0.3 is 10.1 Å². The van der Waals surface area contributed by atoms with E-state index in [2.05, 4.69) is 10.3 Å². The number of benzene rings is 2. The Kier molecular flexibility index (Phi) is 6.95. The van der Waals surface area contributed by atoms with Crippen LogP contribution in [0.25, 0.3) is 0 Å². The van der Waals surface area contributed by atoms with E-state index in [0.29, 0.717) is 22.4 Å². The number of anilines is 1. The van der Waals surface area contributed by atoms with E-state index in [1.54, 1.807) is 17.0 Å². The maximum Gasteiger partial charge on any atom is 0.242 e. The van der Waals surface area contributed by atoms with Crippen molar-refractivity contribution >= 4 is 51.7 Å². The third kappa shape index (κ3) is 5.47. The molecule has 0 saturated carbocycles. The van der Waals surface area contributed by atoms with Gasteiger partial charge >= 0.3 is 0 Å². The summed E-state index contributed by atoms with van der Waals surface area (Å²) in [5.74, 6) is -0.331. The molecule has 1 N–H and O–H groups in total. The number of hydrogen-bond donors (Lipinski definition) is 1. The summed E-state index contributed by atoms with van der Waals surface area (Å²) in [6, 6.07) is 14.9. The molecule has 2 aliphatic rings. The molecule has 6 nitrogen and oxygen atoms in total. The molecule has 2 aromatic carbocycles. The zero-order valence-corrected chi connectivity index (χ0v) is 18.8. The summed E-state index contributed by atoms with van der Waals surface area (Å²) < 4.78 is 5.73. The second-order valence-electron chi connectivity index (χ2n) is 7.63. The monoisotopic (exact) mass is 457 g/mol. The highest BCUT2D eigenvalue weighted by Crippen LogP contribution is 2.33. The van der Waals surface area contributed by atoms with Crippen molar-refractivity contribution < 1.29 is 14.3 Å². The summed E-state index contributed by atoms with van der Waals surface area (Å²) in [6.07, 6.45) is 1.99. The number of thioether (sulfide) groups is 1. The molecule has 8 heteroatoms. The van der Waals surface area contributed by atoms with Crippen LogP contribution < -0.4 is 5.32 Å². The molecule has 0 aromatic heterocycles. The molecular weight excluding hydrogens is 434 g/mol. The van der Waals surface area contributed by atoms with E-state index < -0.39 is 5.25 Å². The number of halogens is 1. The third-order valence-electron chi connectivity index (χ3n) is 5.26. The molecule has 4 rings (SSSR count). The van der Waals surface area contributed by atoms with Gasteiger partial charge in [0.05, 0.1) is 18.3 Å². The standard InChI is InChI=1S/C23H24ClN3O3S/c1-15-9-10-16(24)12-19(15)26-21(28)13-20-22(29)27(14-18-8-5-11-30-18)23(31-20)25-17-6-3-2-4-7-17/h2-4,6-7,9-10,12,18,20H,5,8,11,13-14H2,1H3,(H,26,28). The number of aryl methyl sites for hydroxylation is 1. The van der Waals surface area contributed by atoms with Crippen LogP contribution in [0.3, 0.4) is 0 Å². The van der Waals surface area contributed by atoms with Crippen LogP contribution in [0, 0.1) is 6.92 Å². The summed E-state index contributed by atoms with van der Waals surface area (Å²) in [6.45, 7) is 3.08. The van der Waals surface area contributed by atoms with Crippen LogP contribution in [0.1, 0.15) is 24.8 Å². The number of aliphatic imine (C=N–C) groups is 1. The largest absolute Gasteiger partial charge is 0.376 e. The second-order valence-corrected chi connectivity index (χ2v) is 9.24. The fourth-order valence-corrected chi connectivity index (χ4v) is 4.94. The molecule has 2 amide bonds. The van der Waals surface area contributed by atoms with Gasteiger partial charge in [0.2, 0.25) is 11.8 Å². The number of carbonyl (C=O) groups excluding carboxylic acids is 2. The van der Waals surface area contributed by atoms with E-state index in [9.17, 15) is 9.59 Å². The maximum absolute atomic E-state index is 13.2. The predicted octanol–water partition coefficient (Wildman–Crippen LogP) is 4.79. The van der Waals surface area contributed by atoms with E-state index in [4.69, 9.17) is 16.3 Å². The lowest BCUT2D eigenvalue weighted by Gasteiger charge is -2.20. The summed E-state index contributed by atoms with van der Waals surface area (Å²) in [5, 5.41) is 3.52. The summed E-state index contributed by atoms with van der Waals surface area (Å²) in [7, 11) is 0. The average Bonchev–Trinajstić information content (AvgIpc) is 3.36. The number of ether oxygens (including phenoxy) is 1. The number of para-hydroxylation sites is 1. The van der Waals surface area contributed by atoms with Crippen LogP contribution >= 0.6 is 23.4 Å². The van der Waals surface area contributed by atoms with Crippen molar-refractivity contribution in [1.82, 2.24) is 4.90 Å². The molecule has 0 aliphatic carbocycles. The fraction of sp³-hybridized carbons (Fsp3) is 0.348. The first-order valence-electron chi connectivity index (χ1n) is 10.3. The van der Waals surface area contributed by atoms with Crippen molar-refractivity contribution in [3.63, 3.8) is 0 Å². The lowest BCUT2D eigenvalue weighted by Crippen LogP contribution is -2.38. The molecular formula is C23H24ClN3O3S. The van der Waals surface area contributed by atoms with Gasteiger partial charge in [-0.3, -0.25) is 14.5 Å². The Morgan fingerprint density at radius 3 is 2.84 bits per heavy atom. The number of carbonyl (C=O) groups is 2. The first-order valence-corrected chi connectivity index (χ1v) is 11.5. The molecule has 162 valence electrons. The van der Waals surface area contributed by atoms with Crippen molar-refractivity contribution in [3.05, 3.63) is 59.1 Å². The molecule has 2 aliphatic heterocycles. The molecule has 2 heterocycles. The van der Waals surface area contributed by atoms with Crippen molar-refractivity contribution in [3.8, 4) is 0 Å². The van der Waals surface area contributed by atoms with Crippen LogP contribution in [0.15, 0.2) is 53.5 Å². The van der Waals surface area contributed by atoms with Gasteiger partial charge in [-0.1, -0.05) is 47.6 Å². The lowest BCUT2D eigenvalue weighted by atomic mass is 10.2. The second kappa shape index (κ2) is 9.85. The maximum atomic E-state index is 13.2. The predicted molar refractivity (Wildman–Crippen MR) is 125 cm³/mol. The minimum Gasteiger partial charge on any atom is -0.376 e. The molecule has 2 aromatic rings. The van der Waals surface area contributed by atoms with Crippen molar-refractivity contribution in [2.75, 3.05) is 18.5 Å². The SMILES string of the molecule is Cc1ccc(Cl)cc1NC(=O)CC1SC(=Nc2ccccc2)N(CC2CCCO2)C1=O. The highest BCUT2D eigenvalue weighted by Gasteiger charge is 2.40. The number of rotatable bonds is 6. The van der Waals surface area contributed by atoms with Crippen LogP contribution in [0.5, 0.6) is 0 Å². The van der Waals surface area contributed by atoms with Gasteiger partial charge in [0.1, 0.15) is 5.25 Å². The number of nitrogens with one attached hydrogen (secondary N) is 1. The van der Waals surface area contributed by atoms with Gasteiger partial charge in [-0.15, -0.1) is 0 Å². The number of amidine groups is 1. The smallest absolute Gasteiger partial charge is 0.242 e. The van der Waals surface area contributed by atoms with Gasteiger partial charge in [0.15, 0.2) is 5.17 Å². The lowest BCUT2D eigenvalue weighted by molar-refractivity contribution is -0.129. The van der Waals surface area contributed by atoms with E-state index in [1.807, 2.05) is 43.3 Å². The van der Waals surface area contributed by atoms with E-state index in [-0.39, 0.29) is 24.3 Å². The molecule has 2 saturated heterocycles. The van der Waals surface area contributed by atoms with E-state index >= 15 is 0 Å². The highest BCUT2D eigenvalue weighted by molar-refractivity contribution is 8.15. The molecule has 0 bridgehead atoms. The quantitative estimate of drug-likeness (QED) is 0.677. The zero-order valence-electron chi connectivity index (χ0n) is 17.2. The molecule has 2 atom stereocenters. The first kappa shape index (κ1) is 21.9. The third-order valence-corrected chi connectivity index (χ3v) is 6.67. The first-order chi connectivity index (χ1) is 15.0. The molecule has 31 heavy (non-hydrogen) atoms. The minimum atomic E-state index is -0.525. The molecule has 0 radical (unpaired) electrons. The Balaban J connectivity index is 1.49. The van der Waals surface area contributed by atoms with Gasteiger partial charge in [-0.2, -0.15) is 0 Å². The van der Waals surface area contributed by atoms with Gasteiger partial charge in [0.25, 0.3) is 0 Å². The highest BCUT2D eigenvalue weighted by atomic mass is 35.5. The molecule has 2 fully saturated rings.